The first kappa shape index (κ1) is 23.0. The van der Waals surface area contributed by atoms with Crippen LogP contribution in [-0.4, -0.2) is 24.0 Å². The topological polar surface area (TPSA) is 68.3 Å². The third-order valence-corrected chi connectivity index (χ3v) is 6.47. The molecule has 1 aromatic carbocycles. The zero-order valence-electron chi connectivity index (χ0n) is 19.4. The fourth-order valence-corrected chi connectivity index (χ4v) is 4.90. The predicted molar refractivity (Wildman–Crippen MR) is 124 cm³/mol. The van der Waals surface area contributed by atoms with Crippen LogP contribution in [0.3, 0.4) is 0 Å². The third kappa shape index (κ3) is 4.65. The number of para-hydroxylation sites is 1. The summed E-state index contributed by atoms with van der Waals surface area (Å²) < 4.78 is 5.10. The van der Waals surface area contributed by atoms with E-state index in [0.717, 1.165) is 60.9 Å². The molecule has 0 radical (unpaired) electrons. The summed E-state index contributed by atoms with van der Waals surface area (Å²) in [4.78, 5) is 31.0. The van der Waals surface area contributed by atoms with E-state index in [1.54, 1.807) is 0 Å². The molecule has 1 aromatic heterocycles. The highest BCUT2D eigenvalue weighted by Crippen LogP contribution is 2.39. The number of aryl methyl sites for hydroxylation is 4. The van der Waals surface area contributed by atoms with Gasteiger partial charge in [-0.2, -0.15) is 0 Å². The highest BCUT2D eigenvalue weighted by atomic mass is 16.5. The minimum atomic E-state index is -0.414. The summed E-state index contributed by atoms with van der Waals surface area (Å²) in [5, 5.41) is 3.19. The van der Waals surface area contributed by atoms with Gasteiger partial charge in [0.15, 0.2) is 0 Å². The van der Waals surface area contributed by atoms with Crippen LogP contribution < -0.4 is 5.32 Å². The molecule has 0 aliphatic heterocycles. The quantitative estimate of drug-likeness (QED) is 0.588. The molecule has 1 amide bonds. The molecule has 5 nitrogen and oxygen atoms in total. The van der Waals surface area contributed by atoms with E-state index in [-0.39, 0.29) is 11.8 Å². The second kappa shape index (κ2) is 10.1. The average Bonchev–Trinajstić information content (AvgIpc) is 2.78. The Balaban J connectivity index is 2.16. The Labute approximate surface area is 185 Å². The molecule has 1 fully saturated rings. The largest absolute Gasteiger partial charge is 0.465 e. The number of esters is 1. The lowest BCUT2D eigenvalue weighted by atomic mass is 9.79. The van der Waals surface area contributed by atoms with Crippen LogP contribution in [0.2, 0.25) is 0 Å². The molecule has 0 saturated heterocycles. The van der Waals surface area contributed by atoms with Crippen LogP contribution in [0.15, 0.2) is 18.2 Å². The Hall–Kier alpha value is -2.69. The number of carbonyl (C=O) groups is 2. The van der Waals surface area contributed by atoms with Gasteiger partial charge >= 0.3 is 5.97 Å². The molecule has 1 saturated carbocycles. The van der Waals surface area contributed by atoms with Crippen LogP contribution in [0.4, 0.5) is 5.69 Å². The molecule has 1 N–H and O–H groups in total. The van der Waals surface area contributed by atoms with E-state index in [0.29, 0.717) is 22.5 Å². The van der Waals surface area contributed by atoms with E-state index < -0.39 is 5.97 Å². The van der Waals surface area contributed by atoms with Crippen molar-refractivity contribution in [3.05, 3.63) is 57.4 Å². The first-order valence-corrected chi connectivity index (χ1v) is 11.4. The number of hydrogen-bond donors (Lipinski definition) is 1. The number of nitrogens with zero attached hydrogens (tertiary/aromatic N) is 1. The summed E-state index contributed by atoms with van der Waals surface area (Å²) in [5.41, 5.74) is 6.21. The SMILES string of the molecule is CCc1cccc(CC)c1NC(=O)c1c(C)nc(C)c(C(=O)OC)c1C1CCCCC1. The number of ether oxygens (including phenoxy) is 1. The van der Waals surface area contributed by atoms with Gasteiger partial charge in [-0.3, -0.25) is 9.78 Å². The van der Waals surface area contributed by atoms with Crippen molar-refractivity contribution in [2.45, 2.75) is 78.6 Å². The van der Waals surface area contributed by atoms with E-state index in [4.69, 9.17) is 4.74 Å². The molecule has 0 unspecified atom stereocenters. The van der Waals surface area contributed by atoms with E-state index in [1.165, 1.54) is 13.5 Å². The van der Waals surface area contributed by atoms with Crippen molar-refractivity contribution < 1.29 is 14.3 Å². The molecule has 1 aliphatic rings. The van der Waals surface area contributed by atoms with E-state index >= 15 is 0 Å². The fraction of sp³-hybridized carbons (Fsp3) is 0.500. The summed E-state index contributed by atoms with van der Waals surface area (Å²) in [6.07, 6.45) is 7.00. The Bertz CT molecular complexity index is 953. The van der Waals surface area contributed by atoms with Crippen LogP contribution in [-0.2, 0) is 17.6 Å². The zero-order valence-corrected chi connectivity index (χ0v) is 19.4. The Morgan fingerprint density at radius 3 is 2.13 bits per heavy atom. The minimum Gasteiger partial charge on any atom is -0.465 e. The number of anilines is 1. The fourth-order valence-electron chi connectivity index (χ4n) is 4.90. The van der Waals surface area contributed by atoms with Crippen LogP contribution in [0, 0.1) is 13.8 Å². The maximum absolute atomic E-state index is 13.7. The van der Waals surface area contributed by atoms with Gasteiger partial charge in [0, 0.05) is 5.69 Å². The number of aromatic nitrogens is 1. The number of hydrogen-bond acceptors (Lipinski definition) is 4. The molecule has 0 spiro atoms. The van der Waals surface area contributed by atoms with Crippen LogP contribution >= 0.6 is 0 Å². The molecule has 166 valence electrons. The molecular formula is C26H34N2O3. The molecule has 1 heterocycles. The van der Waals surface area contributed by atoms with Crippen LogP contribution in [0.1, 0.15) is 101 Å². The summed E-state index contributed by atoms with van der Waals surface area (Å²) in [6, 6.07) is 6.14. The first-order valence-electron chi connectivity index (χ1n) is 11.4. The minimum absolute atomic E-state index is 0.163. The lowest BCUT2D eigenvalue weighted by molar-refractivity contribution is 0.0597. The Kier molecular flexibility index (Phi) is 7.47. The number of benzene rings is 1. The van der Waals surface area contributed by atoms with E-state index in [2.05, 4.69) is 36.3 Å². The lowest BCUT2D eigenvalue weighted by Crippen LogP contribution is -2.24. The van der Waals surface area contributed by atoms with Crippen LogP contribution in [0.25, 0.3) is 0 Å². The highest BCUT2D eigenvalue weighted by Gasteiger charge is 2.31. The summed E-state index contributed by atoms with van der Waals surface area (Å²) >= 11 is 0. The normalized spacial score (nSPS) is 14.4. The number of amides is 1. The van der Waals surface area contributed by atoms with Gasteiger partial charge in [-0.25, -0.2) is 4.79 Å². The van der Waals surface area contributed by atoms with Crippen molar-refractivity contribution in [3.8, 4) is 0 Å². The van der Waals surface area contributed by atoms with E-state index in [1.807, 2.05) is 19.9 Å². The first-order chi connectivity index (χ1) is 14.9. The van der Waals surface area contributed by atoms with Crippen molar-refractivity contribution in [2.24, 2.45) is 0 Å². The van der Waals surface area contributed by atoms with Crippen LogP contribution in [0.5, 0.6) is 0 Å². The molecule has 1 aliphatic carbocycles. The number of nitrogens with one attached hydrogen (secondary N) is 1. The molecule has 31 heavy (non-hydrogen) atoms. The van der Waals surface area contributed by atoms with Gasteiger partial charge in [-0.15, -0.1) is 0 Å². The maximum Gasteiger partial charge on any atom is 0.340 e. The summed E-state index contributed by atoms with van der Waals surface area (Å²) in [7, 11) is 1.39. The van der Waals surface area contributed by atoms with Gasteiger partial charge in [-0.05, 0) is 62.1 Å². The number of methoxy groups -OCH3 is 1. The van der Waals surface area contributed by atoms with Gasteiger partial charge in [0.2, 0.25) is 0 Å². The summed E-state index contributed by atoms with van der Waals surface area (Å²) in [5.74, 6) is -0.440. The Morgan fingerprint density at radius 2 is 1.58 bits per heavy atom. The number of rotatable bonds is 6. The molecule has 3 rings (SSSR count). The van der Waals surface area contributed by atoms with Gasteiger partial charge in [-0.1, -0.05) is 51.3 Å². The monoisotopic (exact) mass is 422 g/mol. The number of carbonyl (C=O) groups excluding carboxylic acids is 2. The van der Waals surface area contributed by atoms with Crippen molar-refractivity contribution >= 4 is 17.6 Å². The summed E-state index contributed by atoms with van der Waals surface area (Å²) in [6.45, 7) is 7.87. The maximum atomic E-state index is 13.7. The zero-order chi connectivity index (χ0) is 22.5. The highest BCUT2D eigenvalue weighted by molar-refractivity contribution is 6.09. The Morgan fingerprint density at radius 1 is 1.00 bits per heavy atom. The van der Waals surface area contributed by atoms with Crippen molar-refractivity contribution in [2.75, 3.05) is 12.4 Å². The molecule has 2 aromatic rings. The van der Waals surface area contributed by atoms with Crippen molar-refractivity contribution in [3.63, 3.8) is 0 Å². The third-order valence-electron chi connectivity index (χ3n) is 6.47. The lowest BCUT2D eigenvalue weighted by Gasteiger charge is -2.27. The predicted octanol–water partition coefficient (Wildman–Crippen LogP) is 5.91. The van der Waals surface area contributed by atoms with Crippen molar-refractivity contribution in [1.82, 2.24) is 4.98 Å². The molecule has 0 bridgehead atoms. The smallest absolute Gasteiger partial charge is 0.340 e. The van der Waals surface area contributed by atoms with Gasteiger partial charge in [0.1, 0.15) is 0 Å². The number of pyridine rings is 1. The second-order valence-corrected chi connectivity index (χ2v) is 8.39. The molecule has 0 atom stereocenters. The van der Waals surface area contributed by atoms with Gasteiger partial charge in [0.05, 0.1) is 29.6 Å². The van der Waals surface area contributed by atoms with E-state index in [9.17, 15) is 9.59 Å². The average molecular weight is 423 g/mol. The van der Waals surface area contributed by atoms with Crippen molar-refractivity contribution in [1.29, 1.82) is 0 Å². The standard InChI is InChI=1S/C26H34N2O3/c1-6-18-14-11-15-19(7-2)24(18)28-25(29)21-16(3)27-17(4)22(26(30)31-5)23(21)20-12-9-8-10-13-20/h11,14-15,20H,6-10,12-13H2,1-5H3,(H,28,29). The molecule has 5 heteroatoms. The second-order valence-electron chi connectivity index (χ2n) is 8.39. The van der Waals surface area contributed by atoms with Gasteiger partial charge < -0.3 is 10.1 Å². The van der Waals surface area contributed by atoms with Gasteiger partial charge in [0.25, 0.3) is 5.91 Å². The molecular weight excluding hydrogens is 388 g/mol.